The second-order valence-electron chi connectivity index (χ2n) is 6.69. The minimum atomic E-state index is -0.621. The summed E-state index contributed by atoms with van der Waals surface area (Å²) in [5, 5.41) is 11.9. The summed E-state index contributed by atoms with van der Waals surface area (Å²) in [5.74, 6) is 0.0995. The van der Waals surface area contributed by atoms with Crippen molar-refractivity contribution in [1.82, 2.24) is 15.0 Å². The van der Waals surface area contributed by atoms with Gasteiger partial charge in [-0.1, -0.05) is 18.2 Å². The predicted molar refractivity (Wildman–Crippen MR) is 125 cm³/mol. The number of carbonyl (C=O) groups is 1. The summed E-state index contributed by atoms with van der Waals surface area (Å²) in [6.45, 7) is 3.72. The number of rotatable bonds is 8. The van der Waals surface area contributed by atoms with E-state index in [0.29, 0.717) is 32.2 Å². The molecule has 0 aliphatic carbocycles. The van der Waals surface area contributed by atoms with Crippen LogP contribution in [-0.2, 0) is 10.5 Å². The molecule has 0 spiro atoms. The first-order valence-electron chi connectivity index (χ1n) is 9.90. The average molecular weight is 483 g/mol. The van der Waals surface area contributed by atoms with E-state index in [4.69, 9.17) is 9.47 Å². The fourth-order valence-electron chi connectivity index (χ4n) is 3.04. The van der Waals surface area contributed by atoms with E-state index in [1.54, 1.807) is 25.6 Å². The molecule has 0 fully saturated rings. The number of hydrogen-bond acceptors (Lipinski definition) is 10. The number of hydrogen-bond donors (Lipinski definition) is 0. The Morgan fingerprint density at radius 3 is 2.70 bits per heavy atom. The van der Waals surface area contributed by atoms with Crippen LogP contribution >= 0.6 is 23.1 Å². The van der Waals surface area contributed by atoms with Crippen LogP contribution in [0.2, 0.25) is 0 Å². The Balaban J connectivity index is 1.79. The predicted octanol–water partition coefficient (Wildman–Crippen LogP) is 5.56. The lowest BCUT2D eigenvalue weighted by Crippen LogP contribution is -2.03. The van der Waals surface area contributed by atoms with E-state index >= 15 is 0 Å². The minimum absolute atomic E-state index is 0.0487. The normalized spacial score (nSPS) is 10.8. The van der Waals surface area contributed by atoms with Gasteiger partial charge in [-0.25, -0.2) is 9.78 Å². The van der Waals surface area contributed by atoms with Gasteiger partial charge in [-0.3, -0.25) is 0 Å². The number of fused-ring (bicyclic) bond motifs is 1. The molecule has 0 amide bonds. The summed E-state index contributed by atoms with van der Waals surface area (Å²) < 4.78 is 11.1. The third kappa shape index (κ3) is 4.94. The molecule has 3 aromatic heterocycles. The summed E-state index contributed by atoms with van der Waals surface area (Å²) in [6.07, 6.45) is 1.32. The van der Waals surface area contributed by atoms with Crippen molar-refractivity contribution in [3.8, 4) is 11.6 Å². The van der Waals surface area contributed by atoms with Gasteiger partial charge in [-0.05, 0) is 53.6 Å². The van der Waals surface area contributed by atoms with Gasteiger partial charge in [0.2, 0.25) is 11.6 Å². The van der Waals surface area contributed by atoms with E-state index in [0.717, 1.165) is 4.90 Å². The fourth-order valence-corrected chi connectivity index (χ4v) is 4.90. The Morgan fingerprint density at radius 2 is 1.97 bits per heavy atom. The van der Waals surface area contributed by atoms with Gasteiger partial charge in [0.05, 0.1) is 17.7 Å². The van der Waals surface area contributed by atoms with Gasteiger partial charge >= 0.3 is 11.8 Å². The number of esters is 1. The van der Waals surface area contributed by atoms with Crippen molar-refractivity contribution in [2.24, 2.45) is 0 Å². The molecule has 0 atom stereocenters. The average Bonchev–Trinajstić information content (AvgIpc) is 3.15. The maximum absolute atomic E-state index is 12.4. The number of ether oxygens (including phenoxy) is 2. The summed E-state index contributed by atoms with van der Waals surface area (Å²) in [6, 6.07) is 12.8. The van der Waals surface area contributed by atoms with Gasteiger partial charge in [0.15, 0.2) is 0 Å². The van der Waals surface area contributed by atoms with Crippen molar-refractivity contribution in [3.63, 3.8) is 0 Å². The van der Waals surface area contributed by atoms with Gasteiger partial charge in [-0.2, -0.15) is 4.98 Å². The smallest absolute Gasteiger partial charge is 0.406 e. The maximum atomic E-state index is 12.4. The molecule has 1 aromatic carbocycles. The first-order valence-corrected chi connectivity index (χ1v) is 11.7. The molecule has 0 radical (unpaired) electrons. The Bertz CT molecular complexity index is 1330. The lowest BCUT2D eigenvalue weighted by atomic mass is 10.2. The number of nitrogens with zero attached hydrogens (tertiary/aromatic N) is 4. The van der Waals surface area contributed by atoms with Crippen LogP contribution in [0.25, 0.3) is 10.2 Å². The lowest BCUT2D eigenvalue weighted by molar-refractivity contribution is -0.390. The molecule has 0 N–H and O–H groups in total. The van der Waals surface area contributed by atoms with Crippen LogP contribution in [0.15, 0.2) is 53.6 Å². The number of benzene rings is 1. The summed E-state index contributed by atoms with van der Waals surface area (Å²) in [4.78, 5) is 38.1. The van der Waals surface area contributed by atoms with Crippen molar-refractivity contribution in [2.45, 2.75) is 24.5 Å². The highest BCUT2D eigenvalue weighted by Crippen LogP contribution is 2.39. The van der Waals surface area contributed by atoms with Crippen molar-refractivity contribution in [3.05, 3.63) is 75.0 Å². The molecular weight excluding hydrogens is 464 g/mol. The Labute approximate surface area is 197 Å². The second kappa shape index (κ2) is 9.92. The van der Waals surface area contributed by atoms with Gasteiger partial charge < -0.3 is 19.6 Å². The van der Waals surface area contributed by atoms with Crippen molar-refractivity contribution in [1.29, 1.82) is 0 Å². The maximum Gasteiger partial charge on any atom is 0.406 e. The number of nitro groups is 1. The van der Waals surface area contributed by atoms with Crippen molar-refractivity contribution < 1.29 is 19.2 Å². The molecule has 0 saturated carbocycles. The van der Waals surface area contributed by atoms with E-state index in [9.17, 15) is 14.9 Å². The molecule has 0 unspecified atom stereocenters. The number of thioether (sulfide) groups is 1. The number of carbonyl (C=O) groups excluding carboxylic acids is 1. The topological polar surface area (TPSA) is 117 Å². The summed E-state index contributed by atoms with van der Waals surface area (Å²) >= 11 is 2.72. The number of thiophene rings is 1. The van der Waals surface area contributed by atoms with Crippen LogP contribution in [-0.4, -0.2) is 32.5 Å². The van der Waals surface area contributed by atoms with Crippen LogP contribution in [0.4, 0.5) is 5.82 Å². The van der Waals surface area contributed by atoms with Gasteiger partial charge in [0.25, 0.3) is 0 Å². The van der Waals surface area contributed by atoms with Crippen LogP contribution in [0.1, 0.15) is 28.0 Å². The second-order valence-corrected chi connectivity index (χ2v) is 8.74. The quantitative estimate of drug-likeness (QED) is 0.138. The third-order valence-corrected chi connectivity index (χ3v) is 6.68. The number of pyridine rings is 1. The zero-order valence-electron chi connectivity index (χ0n) is 17.7. The number of aryl methyl sites for hydroxylation is 1. The van der Waals surface area contributed by atoms with E-state index in [2.05, 4.69) is 15.0 Å². The number of aromatic nitrogens is 3. The highest BCUT2D eigenvalue weighted by molar-refractivity contribution is 7.98. The molecule has 33 heavy (non-hydrogen) atoms. The molecule has 168 valence electrons. The van der Waals surface area contributed by atoms with Gasteiger partial charge in [0, 0.05) is 4.90 Å². The first kappa shape index (κ1) is 22.6. The van der Waals surface area contributed by atoms with Gasteiger partial charge in [-0.15, -0.1) is 23.1 Å². The highest BCUT2D eigenvalue weighted by atomic mass is 32.2. The Morgan fingerprint density at radius 1 is 1.18 bits per heavy atom. The first-order chi connectivity index (χ1) is 16.0. The zero-order chi connectivity index (χ0) is 23.4. The highest BCUT2D eigenvalue weighted by Gasteiger charge is 2.25. The van der Waals surface area contributed by atoms with Crippen LogP contribution in [0, 0.1) is 17.0 Å². The summed E-state index contributed by atoms with van der Waals surface area (Å²) in [7, 11) is 0. The molecule has 3 heterocycles. The SMILES string of the molecule is CCOC(=O)c1sc2nc(CSc3ccccc3)nc(Oc3cccnc3[N+](=O)[O-])c2c1C. The third-order valence-electron chi connectivity index (χ3n) is 4.51. The molecule has 0 saturated heterocycles. The zero-order valence-corrected chi connectivity index (χ0v) is 19.3. The van der Waals surface area contributed by atoms with E-state index in [1.165, 1.54) is 29.7 Å². The standard InChI is InChI=1S/C22H18N4O5S2/c1-3-30-22(27)18-13(2)17-20(31-15-10-7-11-23-19(15)26(28)29)24-16(25-21(17)33-18)12-32-14-8-5-4-6-9-14/h4-11H,3,12H2,1-2H3. The molecule has 11 heteroatoms. The van der Waals surface area contributed by atoms with Gasteiger partial charge in [0.1, 0.15) is 21.7 Å². The van der Waals surface area contributed by atoms with E-state index in [1.807, 2.05) is 30.3 Å². The summed E-state index contributed by atoms with van der Waals surface area (Å²) in [5.41, 5.74) is 0.595. The molecule has 4 aromatic rings. The van der Waals surface area contributed by atoms with Crippen LogP contribution in [0.3, 0.4) is 0 Å². The van der Waals surface area contributed by atoms with Crippen molar-refractivity contribution in [2.75, 3.05) is 6.61 Å². The Kier molecular flexibility index (Phi) is 6.80. The molecule has 4 rings (SSSR count). The minimum Gasteiger partial charge on any atom is -0.462 e. The van der Waals surface area contributed by atoms with Crippen molar-refractivity contribution >= 4 is 45.1 Å². The fraction of sp³-hybridized carbons (Fsp3) is 0.182. The van der Waals surface area contributed by atoms with Crippen LogP contribution < -0.4 is 4.74 Å². The molecule has 0 aliphatic rings. The monoisotopic (exact) mass is 482 g/mol. The molecule has 9 nitrogen and oxygen atoms in total. The van der Waals surface area contributed by atoms with E-state index < -0.39 is 16.7 Å². The molecule has 0 bridgehead atoms. The molecule has 0 aliphatic heterocycles. The van der Waals surface area contributed by atoms with E-state index in [-0.39, 0.29) is 18.2 Å². The largest absolute Gasteiger partial charge is 0.462 e. The van der Waals surface area contributed by atoms with Crippen LogP contribution in [0.5, 0.6) is 11.6 Å². The lowest BCUT2D eigenvalue weighted by Gasteiger charge is -2.09. The molecular formula is C22H18N4O5S2. The Hall–Kier alpha value is -3.57.